The molecular weight excluding hydrogens is 308 g/mol. The topological polar surface area (TPSA) is 48.0 Å². The van der Waals surface area contributed by atoms with Crippen LogP contribution in [0, 0.1) is 6.92 Å². The Hall–Kier alpha value is -1.72. The van der Waals surface area contributed by atoms with Gasteiger partial charge in [-0.05, 0) is 30.2 Å². The number of aromatic nitrogens is 2. The van der Waals surface area contributed by atoms with E-state index in [0.29, 0.717) is 16.4 Å². The molecule has 0 amide bonds. The molecule has 108 valence electrons. The first-order valence-corrected chi connectivity index (χ1v) is 7.74. The van der Waals surface area contributed by atoms with Crippen molar-refractivity contribution in [2.75, 3.05) is 0 Å². The Labute approximate surface area is 130 Å². The Kier molecular flexibility index (Phi) is 3.78. The molecule has 6 heteroatoms. The summed E-state index contributed by atoms with van der Waals surface area (Å²) in [6.07, 6.45) is 3.64. The fraction of sp³-hybridized carbons (Fsp3) is 0.200. The molecule has 2 aromatic heterocycles. The minimum atomic E-state index is -0.348. The molecule has 3 rings (SSSR count). The van der Waals surface area contributed by atoms with E-state index in [1.807, 2.05) is 30.8 Å². The van der Waals surface area contributed by atoms with Gasteiger partial charge in [0.05, 0.1) is 0 Å². The van der Waals surface area contributed by atoms with Crippen LogP contribution in [0.25, 0.3) is 11.0 Å². The van der Waals surface area contributed by atoms with Gasteiger partial charge in [0.15, 0.2) is 5.16 Å². The Balaban J connectivity index is 2.03. The molecule has 0 N–H and O–H groups in total. The summed E-state index contributed by atoms with van der Waals surface area (Å²) < 4.78 is 7.19. The van der Waals surface area contributed by atoms with Crippen molar-refractivity contribution < 1.29 is 4.42 Å². The second-order valence-electron chi connectivity index (χ2n) is 4.80. The molecular formula is C15H13ClN2O2S. The highest BCUT2D eigenvalue weighted by atomic mass is 35.5. The van der Waals surface area contributed by atoms with Crippen molar-refractivity contribution in [2.24, 2.45) is 7.05 Å². The van der Waals surface area contributed by atoms with Crippen molar-refractivity contribution in [3.63, 3.8) is 0 Å². The summed E-state index contributed by atoms with van der Waals surface area (Å²) in [4.78, 5) is 16.0. The molecule has 0 aliphatic heterocycles. The minimum Gasteiger partial charge on any atom is -0.423 e. The lowest BCUT2D eigenvalue weighted by atomic mass is 10.1. The number of hydrogen-bond donors (Lipinski definition) is 0. The molecule has 21 heavy (non-hydrogen) atoms. The third-order valence-electron chi connectivity index (χ3n) is 3.24. The van der Waals surface area contributed by atoms with Crippen molar-refractivity contribution in [3.8, 4) is 0 Å². The largest absolute Gasteiger partial charge is 0.423 e. The standard InChI is InChI=1S/C15H13ClN2O2S/c1-9-5-13-11(7-12(9)16)10(6-14(19)20-13)8-21-15-17-3-4-18(15)2/h3-7H,8H2,1-2H3. The lowest BCUT2D eigenvalue weighted by Gasteiger charge is -2.07. The van der Waals surface area contributed by atoms with E-state index in [2.05, 4.69) is 4.98 Å². The van der Waals surface area contributed by atoms with Crippen LogP contribution < -0.4 is 5.63 Å². The molecule has 0 aliphatic rings. The van der Waals surface area contributed by atoms with E-state index in [0.717, 1.165) is 21.7 Å². The fourth-order valence-corrected chi connectivity index (χ4v) is 3.19. The van der Waals surface area contributed by atoms with Gasteiger partial charge in [-0.15, -0.1) is 0 Å². The second-order valence-corrected chi connectivity index (χ2v) is 6.15. The summed E-state index contributed by atoms with van der Waals surface area (Å²) in [5.41, 5.74) is 2.01. The van der Waals surface area contributed by atoms with Gasteiger partial charge in [-0.2, -0.15) is 0 Å². The van der Waals surface area contributed by atoms with E-state index in [4.69, 9.17) is 16.0 Å². The second kappa shape index (κ2) is 5.58. The van der Waals surface area contributed by atoms with Gasteiger partial charge in [0.2, 0.25) is 0 Å². The average Bonchev–Trinajstić information content (AvgIpc) is 2.83. The molecule has 0 fully saturated rings. The smallest absolute Gasteiger partial charge is 0.336 e. The van der Waals surface area contributed by atoms with Gasteiger partial charge in [0.25, 0.3) is 0 Å². The summed E-state index contributed by atoms with van der Waals surface area (Å²) in [5.74, 6) is 0.631. The predicted molar refractivity (Wildman–Crippen MR) is 85.0 cm³/mol. The molecule has 4 nitrogen and oxygen atoms in total. The number of rotatable bonds is 3. The molecule has 0 atom stereocenters. The molecule has 3 aromatic rings. The van der Waals surface area contributed by atoms with Crippen LogP contribution in [0.2, 0.25) is 5.02 Å². The van der Waals surface area contributed by atoms with Gasteiger partial charge in [-0.3, -0.25) is 0 Å². The first kappa shape index (κ1) is 14.2. The SMILES string of the molecule is Cc1cc2oc(=O)cc(CSc3nccn3C)c2cc1Cl. The van der Waals surface area contributed by atoms with Gasteiger partial charge >= 0.3 is 5.63 Å². The normalized spacial score (nSPS) is 11.2. The van der Waals surface area contributed by atoms with Crippen molar-refractivity contribution in [3.05, 3.63) is 57.2 Å². The maximum absolute atomic E-state index is 11.7. The van der Waals surface area contributed by atoms with Gasteiger partial charge in [0.1, 0.15) is 5.58 Å². The highest BCUT2D eigenvalue weighted by molar-refractivity contribution is 7.98. The van der Waals surface area contributed by atoms with Crippen LogP contribution in [0.4, 0.5) is 0 Å². The van der Waals surface area contributed by atoms with Crippen molar-refractivity contribution in [2.45, 2.75) is 17.8 Å². The average molecular weight is 321 g/mol. The number of halogens is 1. The zero-order chi connectivity index (χ0) is 15.0. The Morgan fingerprint density at radius 3 is 2.90 bits per heavy atom. The zero-order valence-corrected chi connectivity index (χ0v) is 13.2. The Morgan fingerprint density at radius 2 is 2.19 bits per heavy atom. The number of imidazole rings is 1. The fourth-order valence-electron chi connectivity index (χ4n) is 2.10. The van der Waals surface area contributed by atoms with E-state index < -0.39 is 0 Å². The Bertz CT molecular complexity index is 870. The summed E-state index contributed by atoms with van der Waals surface area (Å²) in [6, 6.07) is 5.17. The van der Waals surface area contributed by atoms with Gasteiger partial charge in [-0.1, -0.05) is 23.4 Å². The van der Waals surface area contributed by atoms with E-state index in [-0.39, 0.29) is 5.63 Å². The van der Waals surface area contributed by atoms with Crippen LogP contribution >= 0.6 is 23.4 Å². The lowest BCUT2D eigenvalue weighted by Crippen LogP contribution is -2.00. The number of aryl methyl sites for hydroxylation is 2. The number of benzene rings is 1. The highest BCUT2D eigenvalue weighted by Gasteiger charge is 2.10. The monoisotopic (exact) mass is 320 g/mol. The summed E-state index contributed by atoms with van der Waals surface area (Å²) >= 11 is 7.75. The highest BCUT2D eigenvalue weighted by Crippen LogP contribution is 2.28. The molecule has 0 unspecified atom stereocenters. The first-order chi connectivity index (χ1) is 10.0. The van der Waals surface area contributed by atoms with Crippen LogP contribution in [0.15, 0.2) is 45.0 Å². The lowest BCUT2D eigenvalue weighted by molar-refractivity contribution is 0.559. The van der Waals surface area contributed by atoms with Gasteiger partial charge in [-0.25, -0.2) is 9.78 Å². The quantitative estimate of drug-likeness (QED) is 0.544. The molecule has 0 radical (unpaired) electrons. The molecule has 0 saturated carbocycles. The molecule has 1 aromatic carbocycles. The van der Waals surface area contributed by atoms with Crippen LogP contribution in [0.5, 0.6) is 0 Å². The van der Waals surface area contributed by atoms with E-state index >= 15 is 0 Å². The number of nitrogens with zero attached hydrogens (tertiary/aromatic N) is 2. The van der Waals surface area contributed by atoms with Crippen molar-refractivity contribution in [1.29, 1.82) is 0 Å². The van der Waals surface area contributed by atoms with E-state index in [1.54, 1.807) is 24.0 Å². The molecule has 0 aliphatic carbocycles. The van der Waals surface area contributed by atoms with Gasteiger partial charge < -0.3 is 8.98 Å². The maximum Gasteiger partial charge on any atom is 0.336 e. The molecule has 0 spiro atoms. The molecule has 0 bridgehead atoms. The first-order valence-electron chi connectivity index (χ1n) is 6.37. The summed E-state index contributed by atoms with van der Waals surface area (Å²) in [5, 5.41) is 2.43. The van der Waals surface area contributed by atoms with Crippen LogP contribution in [-0.2, 0) is 12.8 Å². The Morgan fingerprint density at radius 1 is 1.38 bits per heavy atom. The minimum absolute atomic E-state index is 0.348. The van der Waals surface area contributed by atoms with Crippen molar-refractivity contribution in [1.82, 2.24) is 9.55 Å². The third kappa shape index (κ3) is 2.84. The van der Waals surface area contributed by atoms with Crippen LogP contribution in [-0.4, -0.2) is 9.55 Å². The number of thioether (sulfide) groups is 1. The third-order valence-corrected chi connectivity index (χ3v) is 4.76. The van der Waals surface area contributed by atoms with Crippen LogP contribution in [0.3, 0.4) is 0 Å². The van der Waals surface area contributed by atoms with E-state index in [9.17, 15) is 4.79 Å². The van der Waals surface area contributed by atoms with Crippen molar-refractivity contribution >= 4 is 34.3 Å². The zero-order valence-electron chi connectivity index (χ0n) is 11.6. The summed E-state index contributed by atoms with van der Waals surface area (Å²) in [7, 11) is 1.94. The predicted octanol–water partition coefficient (Wildman–Crippen LogP) is 3.78. The maximum atomic E-state index is 11.7. The molecule has 2 heterocycles. The number of fused-ring (bicyclic) bond motifs is 1. The molecule has 0 saturated heterocycles. The van der Waals surface area contributed by atoms with Gasteiger partial charge in [0, 0.05) is 41.7 Å². The number of hydrogen-bond acceptors (Lipinski definition) is 4. The van der Waals surface area contributed by atoms with E-state index in [1.165, 1.54) is 6.07 Å². The van der Waals surface area contributed by atoms with Crippen LogP contribution in [0.1, 0.15) is 11.1 Å². The summed E-state index contributed by atoms with van der Waals surface area (Å²) in [6.45, 7) is 1.89.